The molecule has 90 valence electrons. The standard InChI is InChI=1S/C9H16N4O2S/c1-2-3-13(4-5-14)6-8(15)11-9-12-10-7-16-9/h7,14H,2-6H2,1H3,(H,11,12,15). The monoisotopic (exact) mass is 244 g/mol. The van der Waals surface area contributed by atoms with Crippen molar-refractivity contribution < 1.29 is 9.90 Å². The highest BCUT2D eigenvalue weighted by Crippen LogP contribution is 2.07. The Bertz CT molecular complexity index is 298. The van der Waals surface area contributed by atoms with Gasteiger partial charge >= 0.3 is 0 Å². The molecule has 0 atom stereocenters. The van der Waals surface area contributed by atoms with Gasteiger partial charge in [-0.3, -0.25) is 15.0 Å². The summed E-state index contributed by atoms with van der Waals surface area (Å²) in [6, 6.07) is 0. The maximum absolute atomic E-state index is 11.6. The zero-order valence-electron chi connectivity index (χ0n) is 9.22. The Labute approximate surface area is 98.3 Å². The molecule has 0 spiro atoms. The molecule has 6 nitrogen and oxygen atoms in total. The highest BCUT2D eigenvalue weighted by Gasteiger charge is 2.10. The Balaban J connectivity index is 2.35. The summed E-state index contributed by atoms with van der Waals surface area (Å²) in [5.41, 5.74) is 1.56. The smallest absolute Gasteiger partial charge is 0.240 e. The van der Waals surface area contributed by atoms with Crippen molar-refractivity contribution in [2.24, 2.45) is 0 Å². The van der Waals surface area contributed by atoms with Gasteiger partial charge in [0.2, 0.25) is 11.0 Å². The summed E-state index contributed by atoms with van der Waals surface area (Å²) in [6.45, 7) is 3.68. The molecule has 0 fully saturated rings. The summed E-state index contributed by atoms with van der Waals surface area (Å²) in [4.78, 5) is 13.5. The number of hydrogen-bond donors (Lipinski definition) is 2. The van der Waals surface area contributed by atoms with E-state index in [9.17, 15) is 4.79 Å². The zero-order chi connectivity index (χ0) is 11.8. The summed E-state index contributed by atoms with van der Waals surface area (Å²) < 4.78 is 0. The van der Waals surface area contributed by atoms with Gasteiger partial charge in [-0.15, -0.1) is 10.2 Å². The van der Waals surface area contributed by atoms with Crippen molar-refractivity contribution in [1.29, 1.82) is 0 Å². The second-order valence-electron chi connectivity index (χ2n) is 3.29. The minimum absolute atomic E-state index is 0.0616. The van der Waals surface area contributed by atoms with Crippen LogP contribution < -0.4 is 5.32 Å². The number of carbonyl (C=O) groups excluding carboxylic acids is 1. The average Bonchev–Trinajstić information content (AvgIpc) is 2.71. The van der Waals surface area contributed by atoms with Gasteiger partial charge in [0.1, 0.15) is 5.51 Å². The molecule has 2 N–H and O–H groups in total. The largest absolute Gasteiger partial charge is 0.395 e. The summed E-state index contributed by atoms with van der Waals surface area (Å²) in [7, 11) is 0. The predicted molar refractivity (Wildman–Crippen MR) is 62.4 cm³/mol. The SMILES string of the molecule is CCCN(CCO)CC(=O)Nc1nncs1. The number of rotatable bonds is 7. The second-order valence-corrected chi connectivity index (χ2v) is 4.13. The first kappa shape index (κ1) is 13.0. The van der Waals surface area contributed by atoms with Crippen molar-refractivity contribution in [2.45, 2.75) is 13.3 Å². The van der Waals surface area contributed by atoms with Crippen molar-refractivity contribution in [3.63, 3.8) is 0 Å². The quantitative estimate of drug-likeness (QED) is 0.715. The summed E-state index contributed by atoms with van der Waals surface area (Å²) in [5.74, 6) is -0.126. The molecule has 16 heavy (non-hydrogen) atoms. The molecule has 1 aromatic heterocycles. The molecule has 1 heterocycles. The van der Waals surface area contributed by atoms with Crippen LogP contribution >= 0.6 is 11.3 Å². The lowest BCUT2D eigenvalue weighted by Gasteiger charge is -2.19. The van der Waals surface area contributed by atoms with E-state index in [1.54, 1.807) is 5.51 Å². The van der Waals surface area contributed by atoms with E-state index < -0.39 is 0 Å². The van der Waals surface area contributed by atoms with E-state index in [0.717, 1.165) is 13.0 Å². The maximum atomic E-state index is 11.6. The number of aliphatic hydroxyl groups is 1. The summed E-state index contributed by atoms with van der Waals surface area (Å²) in [5, 5.41) is 19.3. The molecule has 0 aliphatic heterocycles. The molecule has 7 heteroatoms. The molecular weight excluding hydrogens is 228 g/mol. The first-order valence-electron chi connectivity index (χ1n) is 5.15. The number of nitrogens with one attached hydrogen (secondary N) is 1. The van der Waals surface area contributed by atoms with Gasteiger partial charge in [-0.05, 0) is 13.0 Å². The lowest BCUT2D eigenvalue weighted by molar-refractivity contribution is -0.117. The van der Waals surface area contributed by atoms with Crippen LogP contribution in [0.1, 0.15) is 13.3 Å². The Kier molecular flexibility index (Phi) is 5.91. The number of nitrogens with zero attached hydrogens (tertiary/aromatic N) is 3. The van der Waals surface area contributed by atoms with Crippen molar-refractivity contribution in [2.75, 3.05) is 31.6 Å². The van der Waals surface area contributed by atoms with Crippen LogP contribution in [-0.4, -0.2) is 52.4 Å². The van der Waals surface area contributed by atoms with Crippen molar-refractivity contribution >= 4 is 22.4 Å². The Morgan fingerprint density at radius 2 is 2.44 bits per heavy atom. The lowest BCUT2D eigenvalue weighted by Crippen LogP contribution is -2.35. The van der Waals surface area contributed by atoms with E-state index in [4.69, 9.17) is 5.11 Å². The number of carbonyl (C=O) groups is 1. The van der Waals surface area contributed by atoms with Crippen LogP contribution in [0, 0.1) is 0 Å². The van der Waals surface area contributed by atoms with E-state index in [1.807, 2.05) is 11.8 Å². The van der Waals surface area contributed by atoms with E-state index in [-0.39, 0.29) is 19.1 Å². The van der Waals surface area contributed by atoms with Crippen LogP contribution in [0.5, 0.6) is 0 Å². The number of anilines is 1. The molecule has 0 aliphatic carbocycles. The van der Waals surface area contributed by atoms with Crippen molar-refractivity contribution in [1.82, 2.24) is 15.1 Å². The first-order valence-corrected chi connectivity index (χ1v) is 6.03. The molecule has 0 saturated carbocycles. The zero-order valence-corrected chi connectivity index (χ0v) is 10.0. The lowest BCUT2D eigenvalue weighted by atomic mass is 10.4. The third kappa shape index (κ3) is 4.65. The van der Waals surface area contributed by atoms with E-state index in [0.29, 0.717) is 11.7 Å². The fourth-order valence-electron chi connectivity index (χ4n) is 1.32. The van der Waals surface area contributed by atoms with Gasteiger partial charge in [-0.2, -0.15) is 0 Å². The normalized spacial score (nSPS) is 10.7. The summed E-state index contributed by atoms with van der Waals surface area (Å²) in [6.07, 6.45) is 0.950. The van der Waals surface area contributed by atoms with Gasteiger partial charge in [0.05, 0.1) is 13.2 Å². The Morgan fingerprint density at radius 1 is 1.62 bits per heavy atom. The molecule has 0 radical (unpaired) electrons. The number of amides is 1. The van der Waals surface area contributed by atoms with Crippen LogP contribution in [0.3, 0.4) is 0 Å². The van der Waals surface area contributed by atoms with Crippen molar-refractivity contribution in [3.8, 4) is 0 Å². The number of aromatic nitrogens is 2. The molecule has 0 aliphatic rings. The topological polar surface area (TPSA) is 78.4 Å². The fraction of sp³-hybridized carbons (Fsp3) is 0.667. The molecule has 1 rings (SSSR count). The van der Waals surface area contributed by atoms with Crippen LogP contribution in [0.25, 0.3) is 0 Å². The highest BCUT2D eigenvalue weighted by molar-refractivity contribution is 7.13. The third-order valence-electron chi connectivity index (χ3n) is 1.93. The minimum Gasteiger partial charge on any atom is -0.395 e. The molecule has 0 unspecified atom stereocenters. The molecular formula is C9H16N4O2S. The fourth-order valence-corrected chi connectivity index (χ4v) is 1.78. The highest BCUT2D eigenvalue weighted by atomic mass is 32.1. The molecule has 1 aromatic rings. The van der Waals surface area contributed by atoms with Gasteiger partial charge in [-0.25, -0.2) is 0 Å². The van der Waals surface area contributed by atoms with Crippen LogP contribution in [-0.2, 0) is 4.79 Å². The average molecular weight is 244 g/mol. The number of hydrogen-bond acceptors (Lipinski definition) is 6. The first-order chi connectivity index (χ1) is 7.76. The Hall–Kier alpha value is -1.05. The minimum atomic E-state index is -0.126. The Morgan fingerprint density at radius 3 is 3.00 bits per heavy atom. The molecule has 0 aromatic carbocycles. The van der Waals surface area contributed by atoms with E-state index in [2.05, 4.69) is 15.5 Å². The van der Waals surface area contributed by atoms with Gasteiger partial charge in [0, 0.05) is 6.54 Å². The second kappa shape index (κ2) is 7.26. The number of aliphatic hydroxyl groups excluding tert-OH is 1. The van der Waals surface area contributed by atoms with Crippen LogP contribution in [0.2, 0.25) is 0 Å². The van der Waals surface area contributed by atoms with Gasteiger partial charge < -0.3 is 5.11 Å². The predicted octanol–water partition coefficient (Wildman–Crippen LogP) is 0.181. The van der Waals surface area contributed by atoms with Crippen molar-refractivity contribution in [3.05, 3.63) is 5.51 Å². The van der Waals surface area contributed by atoms with E-state index >= 15 is 0 Å². The third-order valence-corrected chi connectivity index (χ3v) is 2.54. The maximum Gasteiger partial charge on any atom is 0.240 e. The summed E-state index contributed by atoms with van der Waals surface area (Å²) >= 11 is 1.28. The van der Waals surface area contributed by atoms with Crippen LogP contribution in [0.15, 0.2) is 5.51 Å². The molecule has 0 bridgehead atoms. The van der Waals surface area contributed by atoms with Gasteiger partial charge in [-0.1, -0.05) is 18.3 Å². The molecule has 0 saturated heterocycles. The van der Waals surface area contributed by atoms with Crippen LogP contribution in [0.4, 0.5) is 5.13 Å². The van der Waals surface area contributed by atoms with E-state index in [1.165, 1.54) is 11.3 Å². The molecule has 1 amide bonds. The van der Waals surface area contributed by atoms with Gasteiger partial charge in [0.15, 0.2) is 0 Å². The van der Waals surface area contributed by atoms with Gasteiger partial charge in [0.25, 0.3) is 0 Å².